The van der Waals surface area contributed by atoms with Crippen LogP contribution in [-0.4, -0.2) is 14.1 Å². The number of hydrogen-bond donors (Lipinski definition) is 0. The van der Waals surface area contributed by atoms with Crippen molar-refractivity contribution < 1.29 is 34.1 Å². The first kappa shape index (κ1) is 21.5. The quantitative estimate of drug-likeness (QED) is 0.499. The van der Waals surface area contributed by atoms with Crippen LogP contribution in [0.4, 0.5) is 0 Å². The largest absolute Gasteiger partial charge is 3.00 e. The average molecular weight is 285 g/mol. The third-order valence-electron chi connectivity index (χ3n) is 1.11. The molecule has 0 bridgehead atoms. The van der Waals surface area contributed by atoms with E-state index in [1.54, 1.807) is 0 Å². The van der Waals surface area contributed by atoms with Crippen molar-refractivity contribution in [1.82, 2.24) is 0 Å². The molecule has 0 heterocycles. The molecule has 0 aromatic heterocycles. The summed E-state index contributed by atoms with van der Waals surface area (Å²) in [6, 6.07) is 20.0. The molecule has 0 atom stereocenters. The molecule has 3 heteroatoms. The van der Waals surface area contributed by atoms with Crippen molar-refractivity contribution in [2.45, 2.75) is 11.6 Å². The summed E-state index contributed by atoms with van der Waals surface area (Å²) in [5.74, 6) is 8.17. The van der Waals surface area contributed by atoms with Crippen LogP contribution >= 0.6 is 0 Å². The van der Waals surface area contributed by atoms with Gasteiger partial charge in [-0.2, -0.15) is 36.4 Å². The van der Waals surface area contributed by atoms with Gasteiger partial charge in [0.25, 0.3) is 0 Å². The number of halogens is 1. The van der Waals surface area contributed by atoms with Crippen LogP contribution in [-0.2, 0) is 21.7 Å². The van der Waals surface area contributed by atoms with Crippen molar-refractivity contribution in [3.63, 3.8) is 0 Å². The Hall–Kier alpha value is 0.237. The van der Waals surface area contributed by atoms with Gasteiger partial charge >= 0.3 is 21.7 Å². The minimum atomic E-state index is -0.389. The fourth-order valence-electron chi connectivity index (χ4n) is 0.642. The number of hydrogen-bond acceptors (Lipinski definition) is 0. The molecule has 0 aliphatic rings. The molecule has 0 saturated heterocycles. The third kappa shape index (κ3) is 23.8. The predicted octanol–water partition coefficient (Wildman–Crippen LogP) is 0.927. The Balaban J connectivity index is -0.000000151. The first-order valence-electron chi connectivity index (χ1n) is 4.90. The van der Waals surface area contributed by atoms with Gasteiger partial charge in [0, 0.05) is 0 Å². The first-order valence-corrected chi connectivity index (χ1v) is 8.02. The molecule has 2 rings (SSSR count). The van der Waals surface area contributed by atoms with E-state index in [1.807, 2.05) is 60.7 Å². The molecule has 0 spiro atoms. The van der Waals surface area contributed by atoms with E-state index >= 15 is 0 Å². The molecule has 2 aromatic carbocycles. The van der Waals surface area contributed by atoms with Crippen LogP contribution in [0.25, 0.3) is 0 Å². The van der Waals surface area contributed by atoms with E-state index in [9.17, 15) is 0 Å². The fourth-order valence-corrected chi connectivity index (χ4v) is 0.642. The average Bonchev–Trinajstić information content (AvgIpc) is 2.83. The van der Waals surface area contributed by atoms with Crippen LogP contribution in [0.15, 0.2) is 60.7 Å². The Morgan fingerprint density at radius 2 is 1.00 bits per heavy atom. The van der Waals surface area contributed by atoms with Crippen molar-refractivity contribution in [3.8, 4) is 0 Å². The van der Waals surface area contributed by atoms with Crippen molar-refractivity contribution in [2.24, 2.45) is 0 Å². The van der Waals surface area contributed by atoms with Gasteiger partial charge in [0.05, 0.1) is 14.1 Å². The Bertz CT molecular complexity index is 188. The van der Waals surface area contributed by atoms with E-state index in [-0.39, 0.29) is 48.3 Å². The van der Waals surface area contributed by atoms with Crippen LogP contribution in [0.2, 0.25) is 11.6 Å². The normalized spacial score (nSPS) is 6.69. The van der Waals surface area contributed by atoms with Crippen LogP contribution in [0.3, 0.4) is 0 Å². The van der Waals surface area contributed by atoms with Gasteiger partial charge in [0.15, 0.2) is 0 Å². The summed E-state index contributed by atoms with van der Waals surface area (Å²) >= 11 is -0.389. The minimum Gasteiger partial charge on any atom is -1.00 e. The summed E-state index contributed by atoms with van der Waals surface area (Å²) in [4.78, 5) is 0. The van der Waals surface area contributed by atoms with Gasteiger partial charge in [0.1, 0.15) is 0 Å². The second-order valence-corrected chi connectivity index (χ2v) is 6.11. The molecule has 0 nitrogen and oxygen atoms in total. The zero-order chi connectivity index (χ0) is 10.6. The Morgan fingerprint density at radius 1 is 0.812 bits per heavy atom. The standard InChI is InChI=1S/2C5H5.2CH3.CH2.Al.ClH.Ti/c2*1-2-4-5-3-1;;;;;;/h2*1-5H;2*1H3;1H2;;1H;/q2*-1;;;-1;;;+3/p-1. The molecule has 2 aromatic rings. The van der Waals surface area contributed by atoms with Crippen LogP contribution in [0.1, 0.15) is 0 Å². The molecule has 85 valence electrons. The van der Waals surface area contributed by atoms with E-state index in [2.05, 4.69) is 17.4 Å². The molecule has 1 radical (unpaired) electrons. The second-order valence-electron chi connectivity index (χ2n) is 3.32. The maximum absolute atomic E-state index is 3.78. The summed E-state index contributed by atoms with van der Waals surface area (Å²) in [5, 5.41) is 0. The number of rotatable bonds is 0. The molecule has 16 heavy (non-hydrogen) atoms. The maximum atomic E-state index is 3.78. The topological polar surface area (TPSA) is 0 Å². The fraction of sp³-hybridized carbons (Fsp3) is 0.154. The van der Waals surface area contributed by atoms with Gasteiger partial charge in [-0.05, 0) is 0 Å². The molecule has 0 unspecified atom stereocenters. The maximum Gasteiger partial charge on any atom is 3.00 e. The van der Waals surface area contributed by atoms with Crippen molar-refractivity contribution in [2.75, 3.05) is 0 Å². The molecule has 0 saturated carbocycles. The summed E-state index contributed by atoms with van der Waals surface area (Å²) in [6.07, 6.45) is 0. The van der Waals surface area contributed by atoms with Gasteiger partial charge in [-0.3, -0.25) is 0 Å². The van der Waals surface area contributed by atoms with Crippen molar-refractivity contribution >= 4 is 14.1 Å². The molecule has 0 aliphatic carbocycles. The second kappa shape index (κ2) is 17.6. The predicted molar refractivity (Wildman–Crippen MR) is 66.9 cm³/mol. The van der Waals surface area contributed by atoms with E-state index in [0.29, 0.717) is 0 Å². The minimum absolute atomic E-state index is 0. The third-order valence-corrected chi connectivity index (χ3v) is 1.11. The van der Waals surface area contributed by atoms with E-state index in [4.69, 9.17) is 0 Å². The zero-order valence-electron chi connectivity index (χ0n) is 9.94. The van der Waals surface area contributed by atoms with Gasteiger partial charge < -0.3 is 18.2 Å². The van der Waals surface area contributed by atoms with E-state index in [1.165, 1.54) is 0 Å². The summed E-state index contributed by atoms with van der Waals surface area (Å²) in [5.41, 5.74) is 0. The van der Waals surface area contributed by atoms with E-state index in [0.717, 1.165) is 0 Å². The molecule has 0 fully saturated rings. The Kier molecular flexibility index (Phi) is 23.7. The van der Waals surface area contributed by atoms with Crippen molar-refractivity contribution in [3.05, 3.63) is 66.4 Å². The Morgan fingerprint density at radius 3 is 1.06 bits per heavy atom. The SMILES string of the molecule is [CH2-][Al]([CH3])[CH3].[Cl-].[Ti+3].c1cc[cH-]c1.c1cc[cH-]c1. The smallest absolute Gasteiger partial charge is 1.00 e. The van der Waals surface area contributed by atoms with Gasteiger partial charge in [0.2, 0.25) is 0 Å². The monoisotopic (exact) mass is 284 g/mol. The molecule has 0 aliphatic heterocycles. The molecule has 0 N–H and O–H groups in total. The van der Waals surface area contributed by atoms with Crippen LogP contribution in [0.5, 0.6) is 0 Å². The zero-order valence-corrected chi connectivity index (χ0v) is 13.4. The summed E-state index contributed by atoms with van der Waals surface area (Å²) < 4.78 is 0. The van der Waals surface area contributed by atoms with E-state index < -0.39 is 0 Å². The molecular formula is C13H18AlClTi-. The molecule has 0 amide bonds. The Labute approximate surface area is 125 Å². The van der Waals surface area contributed by atoms with Crippen LogP contribution < -0.4 is 12.4 Å². The van der Waals surface area contributed by atoms with Gasteiger partial charge in [-0.1, -0.05) is 0 Å². The van der Waals surface area contributed by atoms with Crippen molar-refractivity contribution in [1.29, 1.82) is 0 Å². The van der Waals surface area contributed by atoms with Crippen LogP contribution in [0, 0.1) is 5.79 Å². The summed E-state index contributed by atoms with van der Waals surface area (Å²) in [6.45, 7) is 0. The summed E-state index contributed by atoms with van der Waals surface area (Å²) in [7, 11) is 0. The first-order chi connectivity index (χ1) is 6.73. The molecular weight excluding hydrogens is 266 g/mol. The van der Waals surface area contributed by atoms with Gasteiger partial charge in [-0.15, -0.1) is 11.6 Å². The van der Waals surface area contributed by atoms with Gasteiger partial charge in [-0.25, -0.2) is 24.3 Å².